The molecule has 0 atom stereocenters. The average Bonchev–Trinajstić information content (AvgIpc) is 2.61. The minimum absolute atomic E-state index is 0.0766. The Balaban J connectivity index is 1.40. The van der Waals surface area contributed by atoms with Crippen molar-refractivity contribution in [3.8, 4) is 0 Å². The summed E-state index contributed by atoms with van der Waals surface area (Å²) in [7, 11) is 0. The highest BCUT2D eigenvalue weighted by molar-refractivity contribution is 5.23. The predicted molar refractivity (Wildman–Crippen MR) is 105 cm³/mol. The summed E-state index contributed by atoms with van der Waals surface area (Å²) < 4.78 is 13.5. The largest absolute Gasteiger partial charge is 0.207 e. The maximum Gasteiger partial charge on any atom is 0.123 e. The molecule has 0 unspecified atom stereocenters. The third-order valence-corrected chi connectivity index (χ3v) is 6.78. The maximum absolute atomic E-state index is 13.5. The minimum atomic E-state index is -0.0766. The third kappa shape index (κ3) is 5.43. The van der Waals surface area contributed by atoms with Gasteiger partial charge in [-0.2, -0.15) is 0 Å². The Morgan fingerprint density at radius 2 is 1.56 bits per heavy atom. The van der Waals surface area contributed by atoms with Crippen molar-refractivity contribution in [1.29, 1.82) is 0 Å². The van der Waals surface area contributed by atoms with Gasteiger partial charge in [0.15, 0.2) is 0 Å². The van der Waals surface area contributed by atoms with Crippen LogP contribution in [0.25, 0.3) is 0 Å². The second-order valence-electron chi connectivity index (χ2n) is 8.66. The molecule has 25 heavy (non-hydrogen) atoms. The van der Waals surface area contributed by atoms with Gasteiger partial charge in [-0.25, -0.2) is 4.39 Å². The predicted octanol–water partition coefficient (Wildman–Crippen LogP) is 7.26. The highest BCUT2D eigenvalue weighted by Crippen LogP contribution is 2.42. The van der Waals surface area contributed by atoms with Gasteiger partial charge in [0.1, 0.15) is 5.82 Å². The lowest BCUT2D eigenvalue weighted by Crippen LogP contribution is -2.25. The molecular weight excluding hydrogens is 307 g/mol. The van der Waals surface area contributed by atoms with Crippen LogP contribution in [-0.2, 0) is 6.42 Å². The molecule has 0 aliphatic heterocycles. The van der Waals surface area contributed by atoms with Crippen molar-refractivity contribution in [1.82, 2.24) is 0 Å². The van der Waals surface area contributed by atoms with E-state index in [-0.39, 0.29) is 5.82 Å². The van der Waals surface area contributed by atoms with Crippen molar-refractivity contribution in [2.75, 3.05) is 0 Å². The summed E-state index contributed by atoms with van der Waals surface area (Å²) in [6.07, 6.45) is 18.3. The van der Waals surface area contributed by atoms with E-state index in [1.807, 2.05) is 6.92 Å². The van der Waals surface area contributed by atoms with Gasteiger partial charge in [-0.05, 0) is 112 Å². The van der Waals surface area contributed by atoms with E-state index < -0.39 is 0 Å². The summed E-state index contributed by atoms with van der Waals surface area (Å²) in [4.78, 5) is 0. The van der Waals surface area contributed by atoms with Gasteiger partial charge in [-0.3, -0.25) is 0 Å². The van der Waals surface area contributed by atoms with Crippen LogP contribution in [-0.4, -0.2) is 0 Å². The Morgan fingerprint density at radius 3 is 2.16 bits per heavy atom. The lowest BCUT2D eigenvalue weighted by atomic mass is 9.68. The fraction of sp³-hybridized carbons (Fsp3) is 0.667. The molecule has 0 aromatic heterocycles. The van der Waals surface area contributed by atoms with Crippen molar-refractivity contribution >= 4 is 0 Å². The van der Waals surface area contributed by atoms with Gasteiger partial charge in [-0.1, -0.05) is 31.1 Å². The van der Waals surface area contributed by atoms with Crippen LogP contribution in [0.3, 0.4) is 0 Å². The first-order valence-electron chi connectivity index (χ1n) is 10.5. The van der Waals surface area contributed by atoms with E-state index in [2.05, 4.69) is 25.1 Å². The van der Waals surface area contributed by atoms with Gasteiger partial charge in [0.05, 0.1) is 0 Å². The van der Waals surface area contributed by atoms with E-state index in [0.717, 1.165) is 35.7 Å². The first kappa shape index (κ1) is 18.7. The normalized spacial score (nSPS) is 30.7. The summed E-state index contributed by atoms with van der Waals surface area (Å²) in [5.41, 5.74) is 2.23. The number of benzene rings is 1. The van der Waals surface area contributed by atoms with E-state index in [9.17, 15) is 4.39 Å². The van der Waals surface area contributed by atoms with Crippen LogP contribution in [0.15, 0.2) is 30.4 Å². The Hall–Kier alpha value is -1.11. The lowest BCUT2D eigenvalue weighted by Gasteiger charge is -2.37. The fourth-order valence-electron chi connectivity index (χ4n) is 5.36. The molecule has 2 fully saturated rings. The topological polar surface area (TPSA) is 0 Å². The SMILES string of the molecule is C/C=C/C1CCC(C2CCC(CCc3cc(C)cc(F)c3)CC2)CC1. The molecule has 0 bridgehead atoms. The highest BCUT2D eigenvalue weighted by Gasteiger charge is 2.30. The smallest absolute Gasteiger partial charge is 0.123 e. The van der Waals surface area contributed by atoms with Crippen LogP contribution in [0.5, 0.6) is 0 Å². The van der Waals surface area contributed by atoms with E-state index in [4.69, 9.17) is 0 Å². The molecule has 2 aliphatic rings. The number of rotatable bonds is 5. The van der Waals surface area contributed by atoms with Crippen LogP contribution in [0.1, 0.15) is 75.8 Å². The number of allylic oxidation sites excluding steroid dienone is 2. The lowest BCUT2D eigenvalue weighted by molar-refractivity contribution is 0.152. The van der Waals surface area contributed by atoms with Crippen molar-refractivity contribution in [3.05, 3.63) is 47.3 Å². The fourth-order valence-corrected chi connectivity index (χ4v) is 5.36. The van der Waals surface area contributed by atoms with Crippen molar-refractivity contribution in [2.24, 2.45) is 23.7 Å². The molecule has 3 rings (SSSR count). The maximum atomic E-state index is 13.5. The second kappa shape index (κ2) is 9.01. The summed E-state index contributed by atoms with van der Waals surface area (Å²) in [5, 5.41) is 0. The molecule has 138 valence electrons. The molecule has 1 aromatic rings. The summed E-state index contributed by atoms with van der Waals surface area (Å²) in [6, 6.07) is 5.50. The van der Waals surface area contributed by atoms with Crippen LogP contribution < -0.4 is 0 Å². The monoisotopic (exact) mass is 342 g/mol. The zero-order chi connectivity index (χ0) is 17.6. The summed E-state index contributed by atoms with van der Waals surface area (Å²) >= 11 is 0. The Labute approximate surface area is 153 Å². The number of halogens is 1. The molecule has 1 heteroatoms. The Bertz CT molecular complexity index is 537. The van der Waals surface area contributed by atoms with E-state index >= 15 is 0 Å². The van der Waals surface area contributed by atoms with Gasteiger partial charge >= 0.3 is 0 Å². The van der Waals surface area contributed by atoms with Crippen LogP contribution in [0.2, 0.25) is 0 Å². The number of hydrogen-bond donors (Lipinski definition) is 0. The van der Waals surface area contributed by atoms with Gasteiger partial charge in [0, 0.05) is 0 Å². The molecule has 0 N–H and O–H groups in total. The van der Waals surface area contributed by atoms with Crippen LogP contribution in [0, 0.1) is 36.4 Å². The van der Waals surface area contributed by atoms with Crippen molar-refractivity contribution in [3.63, 3.8) is 0 Å². The Kier molecular flexibility index (Phi) is 6.73. The first-order valence-corrected chi connectivity index (χ1v) is 10.5. The molecular formula is C24H35F. The van der Waals surface area contributed by atoms with Crippen molar-refractivity contribution in [2.45, 2.75) is 78.1 Å². The molecule has 0 saturated heterocycles. The van der Waals surface area contributed by atoms with Crippen molar-refractivity contribution < 1.29 is 4.39 Å². The van der Waals surface area contributed by atoms with E-state index in [0.29, 0.717) is 0 Å². The van der Waals surface area contributed by atoms with Gasteiger partial charge in [-0.15, -0.1) is 0 Å². The Morgan fingerprint density at radius 1 is 0.920 bits per heavy atom. The number of aryl methyl sites for hydroxylation is 2. The van der Waals surface area contributed by atoms with Gasteiger partial charge in [0.25, 0.3) is 0 Å². The highest BCUT2D eigenvalue weighted by atomic mass is 19.1. The first-order chi connectivity index (χ1) is 12.1. The molecule has 0 radical (unpaired) electrons. The summed E-state index contributed by atoms with van der Waals surface area (Å²) in [5.74, 6) is 3.62. The van der Waals surface area contributed by atoms with E-state index in [1.165, 1.54) is 63.4 Å². The number of hydrogen-bond acceptors (Lipinski definition) is 0. The zero-order valence-electron chi connectivity index (χ0n) is 16.1. The van der Waals surface area contributed by atoms with Gasteiger partial charge in [0.2, 0.25) is 0 Å². The third-order valence-electron chi connectivity index (χ3n) is 6.78. The van der Waals surface area contributed by atoms with E-state index in [1.54, 1.807) is 12.1 Å². The standard InChI is InChI=1S/C24H35F/c1-3-4-19-7-11-22(12-8-19)23-13-9-20(10-14-23)5-6-21-15-18(2)16-24(25)17-21/h3-4,15-17,19-20,22-23H,5-14H2,1-2H3/b4-3+. The quantitative estimate of drug-likeness (QED) is 0.494. The van der Waals surface area contributed by atoms with Crippen LogP contribution >= 0.6 is 0 Å². The molecule has 2 aliphatic carbocycles. The zero-order valence-corrected chi connectivity index (χ0v) is 16.1. The molecule has 0 nitrogen and oxygen atoms in total. The molecule has 1 aromatic carbocycles. The molecule has 0 spiro atoms. The minimum Gasteiger partial charge on any atom is -0.207 e. The molecule has 2 saturated carbocycles. The van der Waals surface area contributed by atoms with Crippen LogP contribution in [0.4, 0.5) is 4.39 Å². The molecule has 0 heterocycles. The molecule has 0 amide bonds. The second-order valence-corrected chi connectivity index (χ2v) is 8.66. The summed E-state index contributed by atoms with van der Waals surface area (Å²) in [6.45, 7) is 4.14. The average molecular weight is 343 g/mol. The van der Waals surface area contributed by atoms with Gasteiger partial charge < -0.3 is 0 Å².